The SMILES string of the molecule is N#Cc1cccc(-c2nc3sccn3c2-c2ccnc(NC3CCNCC3)n2)c1. The number of rotatable bonds is 4. The fourth-order valence-corrected chi connectivity index (χ4v) is 4.39. The predicted molar refractivity (Wildman–Crippen MR) is 114 cm³/mol. The number of hydrogen-bond acceptors (Lipinski definition) is 7. The van der Waals surface area contributed by atoms with Gasteiger partial charge in [0.05, 0.1) is 23.0 Å². The number of imidazole rings is 1. The van der Waals surface area contributed by atoms with Crippen LogP contribution in [0.3, 0.4) is 0 Å². The molecule has 1 aliphatic heterocycles. The monoisotopic (exact) mass is 401 g/mol. The summed E-state index contributed by atoms with van der Waals surface area (Å²) < 4.78 is 2.05. The molecule has 2 N–H and O–H groups in total. The van der Waals surface area contributed by atoms with E-state index in [1.807, 2.05) is 35.8 Å². The molecule has 8 heteroatoms. The Hall–Kier alpha value is -3.28. The normalized spacial score (nSPS) is 14.7. The van der Waals surface area contributed by atoms with Gasteiger partial charge in [-0.25, -0.2) is 15.0 Å². The summed E-state index contributed by atoms with van der Waals surface area (Å²) in [7, 11) is 0. The molecule has 0 unspecified atom stereocenters. The molecule has 0 spiro atoms. The molecule has 0 radical (unpaired) electrons. The second-order valence-electron chi connectivity index (χ2n) is 6.99. The molecule has 29 heavy (non-hydrogen) atoms. The van der Waals surface area contributed by atoms with Crippen LogP contribution in [0.2, 0.25) is 0 Å². The van der Waals surface area contributed by atoms with Gasteiger partial charge in [0.15, 0.2) is 4.96 Å². The van der Waals surface area contributed by atoms with E-state index in [0.29, 0.717) is 17.6 Å². The van der Waals surface area contributed by atoms with E-state index < -0.39 is 0 Å². The molecule has 144 valence electrons. The third-order valence-corrected chi connectivity index (χ3v) is 5.85. The molecule has 1 saturated heterocycles. The van der Waals surface area contributed by atoms with Crippen LogP contribution in [0.5, 0.6) is 0 Å². The molecule has 4 heterocycles. The maximum atomic E-state index is 9.28. The summed E-state index contributed by atoms with van der Waals surface area (Å²) in [6.45, 7) is 2.02. The minimum Gasteiger partial charge on any atom is -0.351 e. The smallest absolute Gasteiger partial charge is 0.223 e. The molecule has 1 fully saturated rings. The molecule has 0 atom stereocenters. The molecule has 1 aliphatic rings. The van der Waals surface area contributed by atoms with Crippen LogP contribution in [0.15, 0.2) is 48.1 Å². The van der Waals surface area contributed by atoms with Crippen molar-refractivity contribution >= 4 is 22.2 Å². The number of fused-ring (bicyclic) bond motifs is 1. The first-order chi connectivity index (χ1) is 14.3. The lowest BCUT2D eigenvalue weighted by Gasteiger charge is -2.23. The van der Waals surface area contributed by atoms with Crippen LogP contribution in [0.25, 0.3) is 27.6 Å². The fourth-order valence-electron chi connectivity index (χ4n) is 3.68. The van der Waals surface area contributed by atoms with Gasteiger partial charge < -0.3 is 10.6 Å². The third kappa shape index (κ3) is 3.46. The minimum absolute atomic E-state index is 0.380. The van der Waals surface area contributed by atoms with Crippen molar-refractivity contribution in [2.75, 3.05) is 18.4 Å². The molecule has 5 rings (SSSR count). The number of nitrogens with zero attached hydrogens (tertiary/aromatic N) is 5. The quantitative estimate of drug-likeness (QED) is 0.543. The topological polar surface area (TPSA) is 90.9 Å². The lowest BCUT2D eigenvalue weighted by atomic mass is 10.1. The summed E-state index contributed by atoms with van der Waals surface area (Å²) in [5, 5.41) is 18.1. The molecular weight excluding hydrogens is 382 g/mol. The Balaban J connectivity index is 1.58. The van der Waals surface area contributed by atoms with Crippen molar-refractivity contribution in [2.24, 2.45) is 0 Å². The summed E-state index contributed by atoms with van der Waals surface area (Å²) in [6.07, 6.45) is 5.90. The Morgan fingerprint density at radius 3 is 2.97 bits per heavy atom. The van der Waals surface area contributed by atoms with Crippen molar-refractivity contribution < 1.29 is 0 Å². The summed E-state index contributed by atoms with van der Waals surface area (Å²) >= 11 is 1.58. The van der Waals surface area contributed by atoms with Crippen molar-refractivity contribution in [1.82, 2.24) is 24.7 Å². The fraction of sp³-hybridized carbons (Fsp3) is 0.238. The number of anilines is 1. The summed E-state index contributed by atoms with van der Waals surface area (Å²) in [5.74, 6) is 0.635. The van der Waals surface area contributed by atoms with Gasteiger partial charge in [0.2, 0.25) is 5.95 Å². The molecule has 0 bridgehead atoms. The van der Waals surface area contributed by atoms with E-state index in [9.17, 15) is 5.26 Å². The molecule has 0 saturated carbocycles. The zero-order chi connectivity index (χ0) is 19.6. The molecule has 7 nitrogen and oxygen atoms in total. The Morgan fingerprint density at radius 1 is 1.21 bits per heavy atom. The first-order valence-corrected chi connectivity index (χ1v) is 10.5. The average molecular weight is 401 g/mol. The van der Waals surface area contributed by atoms with Crippen LogP contribution in [-0.4, -0.2) is 38.5 Å². The van der Waals surface area contributed by atoms with Gasteiger partial charge in [-0.2, -0.15) is 5.26 Å². The maximum Gasteiger partial charge on any atom is 0.223 e. The van der Waals surface area contributed by atoms with E-state index in [0.717, 1.165) is 53.5 Å². The van der Waals surface area contributed by atoms with Crippen molar-refractivity contribution in [3.63, 3.8) is 0 Å². The van der Waals surface area contributed by atoms with Crippen LogP contribution in [0.4, 0.5) is 5.95 Å². The van der Waals surface area contributed by atoms with Crippen molar-refractivity contribution in [1.29, 1.82) is 5.26 Å². The van der Waals surface area contributed by atoms with E-state index in [2.05, 4.69) is 26.1 Å². The number of piperidine rings is 1. The van der Waals surface area contributed by atoms with E-state index in [1.54, 1.807) is 23.6 Å². The van der Waals surface area contributed by atoms with Crippen LogP contribution in [-0.2, 0) is 0 Å². The molecule has 0 aliphatic carbocycles. The van der Waals surface area contributed by atoms with E-state index in [4.69, 9.17) is 9.97 Å². The van der Waals surface area contributed by atoms with Crippen molar-refractivity contribution in [3.05, 3.63) is 53.7 Å². The van der Waals surface area contributed by atoms with Gasteiger partial charge >= 0.3 is 0 Å². The van der Waals surface area contributed by atoms with E-state index in [1.165, 1.54) is 0 Å². The highest BCUT2D eigenvalue weighted by molar-refractivity contribution is 7.15. The number of nitriles is 1. The highest BCUT2D eigenvalue weighted by Crippen LogP contribution is 2.34. The number of hydrogen-bond donors (Lipinski definition) is 2. The van der Waals surface area contributed by atoms with Gasteiger partial charge in [0.25, 0.3) is 0 Å². The highest BCUT2D eigenvalue weighted by atomic mass is 32.1. The second-order valence-corrected chi connectivity index (χ2v) is 7.86. The zero-order valence-electron chi connectivity index (χ0n) is 15.7. The van der Waals surface area contributed by atoms with Crippen LogP contribution in [0.1, 0.15) is 18.4 Å². The van der Waals surface area contributed by atoms with Crippen LogP contribution in [0, 0.1) is 11.3 Å². The first-order valence-electron chi connectivity index (χ1n) is 9.58. The Labute approximate surface area is 172 Å². The lowest BCUT2D eigenvalue weighted by molar-refractivity contribution is 0.477. The van der Waals surface area contributed by atoms with E-state index >= 15 is 0 Å². The van der Waals surface area contributed by atoms with E-state index in [-0.39, 0.29) is 0 Å². The zero-order valence-corrected chi connectivity index (χ0v) is 16.5. The third-order valence-electron chi connectivity index (χ3n) is 5.10. The molecular formula is C21H19N7S. The molecule has 1 aromatic carbocycles. The van der Waals surface area contributed by atoms with Gasteiger partial charge in [-0.15, -0.1) is 11.3 Å². The maximum absolute atomic E-state index is 9.28. The van der Waals surface area contributed by atoms with Crippen LogP contribution < -0.4 is 10.6 Å². The number of thiazole rings is 1. The van der Waals surface area contributed by atoms with Crippen molar-refractivity contribution in [2.45, 2.75) is 18.9 Å². The molecule has 3 aromatic heterocycles. The van der Waals surface area contributed by atoms with Crippen molar-refractivity contribution in [3.8, 4) is 28.7 Å². The van der Waals surface area contributed by atoms with Crippen LogP contribution >= 0.6 is 11.3 Å². The predicted octanol–water partition coefficient (Wildman–Crippen LogP) is 3.56. The Kier molecular flexibility index (Phi) is 4.68. The summed E-state index contributed by atoms with van der Waals surface area (Å²) in [6, 6.07) is 12.0. The summed E-state index contributed by atoms with van der Waals surface area (Å²) in [4.78, 5) is 14.9. The van der Waals surface area contributed by atoms with Gasteiger partial charge in [0.1, 0.15) is 5.69 Å². The van der Waals surface area contributed by atoms with Gasteiger partial charge in [-0.1, -0.05) is 12.1 Å². The average Bonchev–Trinajstić information content (AvgIpc) is 3.36. The number of nitrogens with one attached hydrogen (secondary N) is 2. The Morgan fingerprint density at radius 2 is 2.10 bits per heavy atom. The van der Waals surface area contributed by atoms with Gasteiger partial charge in [0, 0.05) is 29.4 Å². The molecule has 4 aromatic rings. The molecule has 0 amide bonds. The summed E-state index contributed by atoms with van der Waals surface area (Å²) in [5.41, 5.74) is 4.05. The number of aromatic nitrogens is 4. The lowest BCUT2D eigenvalue weighted by Crippen LogP contribution is -2.35. The largest absolute Gasteiger partial charge is 0.351 e. The first kappa shape index (κ1) is 17.8. The standard InChI is InChI=1S/C21H19N7S/c22-13-14-2-1-3-15(12-14)18-19(28-10-11-29-21(28)27-18)17-6-9-24-20(26-17)25-16-4-7-23-8-5-16/h1-3,6,9-12,16,23H,4-5,7-8H2,(H,24,25,26). The number of benzene rings is 1. The highest BCUT2D eigenvalue weighted by Gasteiger charge is 2.20. The minimum atomic E-state index is 0.380. The Bertz CT molecular complexity index is 1200. The van der Waals surface area contributed by atoms with Gasteiger partial charge in [-0.3, -0.25) is 4.40 Å². The second kappa shape index (κ2) is 7.62. The van der Waals surface area contributed by atoms with Gasteiger partial charge in [-0.05, 0) is 44.1 Å².